The Morgan fingerprint density at radius 1 is 1.03 bits per heavy atom. The van der Waals surface area contributed by atoms with Crippen LogP contribution >= 0.6 is 0 Å². The van der Waals surface area contributed by atoms with E-state index >= 15 is 0 Å². The van der Waals surface area contributed by atoms with E-state index < -0.39 is 23.5 Å². The summed E-state index contributed by atoms with van der Waals surface area (Å²) in [5.74, 6) is -0.932. The minimum atomic E-state index is -0.881. The number of aliphatic hydroxyl groups excluding tert-OH is 1. The highest BCUT2D eigenvalue weighted by Gasteiger charge is 2.45. The summed E-state index contributed by atoms with van der Waals surface area (Å²) in [7, 11) is 1.54. The van der Waals surface area contributed by atoms with Crippen LogP contribution in [-0.4, -0.2) is 34.1 Å². The third kappa shape index (κ3) is 3.66. The number of rotatable bonds is 5. The van der Waals surface area contributed by atoms with Gasteiger partial charge in [0.1, 0.15) is 5.75 Å². The predicted octanol–water partition coefficient (Wildman–Crippen LogP) is 3.88. The molecule has 0 aliphatic carbocycles. The van der Waals surface area contributed by atoms with Crippen LogP contribution in [-0.2, 0) is 4.79 Å². The summed E-state index contributed by atoms with van der Waals surface area (Å²) in [6.45, 7) is 3.70. The molecular formula is C24H21N3O4. The van der Waals surface area contributed by atoms with E-state index in [1.165, 1.54) is 12.0 Å². The van der Waals surface area contributed by atoms with Gasteiger partial charge < -0.3 is 9.84 Å². The van der Waals surface area contributed by atoms with Crippen molar-refractivity contribution in [3.63, 3.8) is 0 Å². The molecule has 0 saturated heterocycles. The molecule has 1 amide bonds. The quantitative estimate of drug-likeness (QED) is 0.636. The number of methoxy groups -OCH3 is 1. The van der Waals surface area contributed by atoms with E-state index in [9.17, 15) is 14.7 Å². The number of hydrogen-bond donors (Lipinski definition) is 1. The number of aryl methyl sites for hydroxylation is 2. The lowest BCUT2D eigenvalue weighted by Gasteiger charge is -2.26. The van der Waals surface area contributed by atoms with Gasteiger partial charge in [-0.3, -0.25) is 14.5 Å². The van der Waals surface area contributed by atoms with E-state index in [0.717, 1.165) is 5.56 Å². The molecule has 1 aromatic heterocycles. The molecule has 156 valence electrons. The average molecular weight is 415 g/mol. The van der Waals surface area contributed by atoms with E-state index in [2.05, 4.69) is 10.2 Å². The van der Waals surface area contributed by atoms with Crippen LogP contribution in [0.15, 0.2) is 72.0 Å². The Morgan fingerprint density at radius 2 is 1.77 bits per heavy atom. The molecule has 31 heavy (non-hydrogen) atoms. The Kier molecular flexibility index (Phi) is 5.25. The van der Waals surface area contributed by atoms with Gasteiger partial charge >= 0.3 is 0 Å². The molecule has 1 aliphatic heterocycles. The Hall–Kier alpha value is -4.00. The van der Waals surface area contributed by atoms with Crippen molar-refractivity contribution < 1.29 is 19.4 Å². The normalized spacial score (nSPS) is 16.0. The van der Waals surface area contributed by atoms with Crippen molar-refractivity contribution in [1.29, 1.82) is 0 Å². The van der Waals surface area contributed by atoms with Gasteiger partial charge in [-0.2, -0.15) is 5.10 Å². The number of ether oxygens (including phenoxy) is 1. The molecule has 0 fully saturated rings. The number of Topliss-reactive ketones (excluding diaryl/α,β-unsaturated/α-hetero) is 1. The molecule has 1 unspecified atom stereocenters. The number of aromatic nitrogens is 2. The van der Waals surface area contributed by atoms with Crippen LogP contribution in [0.2, 0.25) is 0 Å². The SMILES string of the molecule is COc1cccc(C2C(C(=O)c3ccc(C)cc3)=C(O)C(=O)N2c2ccc(C)nn2)c1. The van der Waals surface area contributed by atoms with Crippen molar-refractivity contribution in [3.8, 4) is 5.75 Å². The summed E-state index contributed by atoms with van der Waals surface area (Å²) in [6, 6.07) is 16.5. The van der Waals surface area contributed by atoms with E-state index in [0.29, 0.717) is 22.6 Å². The van der Waals surface area contributed by atoms with Gasteiger partial charge in [-0.15, -0.1) is 5.10 Å². The number of benzene rings is 2. The highest BCUT2D eigenvalue weighted by Crippen LogP contribution is 2.41. The summed E-state index contributed by atoms with van der Waals surface area (Å²) in [6.07, 6.45) is 0. The standard InChI is InChI=1S/C24H21N3O4/c1-14-7-10-16(11-8-14)22(28)20-21(17-5-4-6-18(13-17)31-3)27(24(30)23(20)29)19-12-9-15(2)25-26-19/h4-13,21,29H,1-3H3. The maximum absolute atomic E-state index is 13.4. The first-order valence-electron chi connectivity index (χ1n) is 9.73. The van der Waals surface area contributed by atoms with Crippen molar-refractivity contribution in [1.82, 2.24) is 10.2 Å². The minimum absolute atomic E-state index is 0.00974. The van der Waals surface area contributed by atoms with E-state index in [-0.39, 0.29) is 11.4 Å². The van der Waals surface area contributed by atoms with Crippen molar-refractivity contribution in [3.05, 3.63) is 94.4 Å². The fraction of sp³-hybridized carbons (Fsp3) is 0.167. The zero-order chi connectivity index (χ0) is 22.1. The van der Waals surface area contributed by atoms with Gasteiger partial charge in [0.25, 0.3) is 5.91 Å². The Balaban J connectivity index is 1.88. The second kappa shape index (κ2) is 8.02. The van der Waals surface area contributed by atoms with Gasteiger partial charge in [0, 0.05) is 5.56 Å². The van der Waals surface area contributed by atoms with Gasteiger partial charge in [0.05, 0.1) is 24.4 Å². The lowest BCUT2D eigenvalue weighted by molar-refractivity contribution is -0.117. The molecule has 1 atom stereocenters. The third-order valence-electron chi connectivity index (χ3n) is 5.21. The zero-order valence-corrected chi connectivity index (χ0v) is 17.4. The minimum Gasteiger partial charge on any atom is -0.503 e. The van der Waals surface area contributed by atoms with Gasteiger partial charge in [-0.05, 0) is 43.7 Å². The average Bonchev–Trinajstić information content (AvgIpc) is 3.05. The Bertz CT molecular complexity index is 1180. The van der Waals surface area contributed by atoms with Crippen LogP contribution < -0.4 is 9.64 Å². The van der Waals surface area contributed by atoms with E-state index in [1.807, 2.05) is 19.1 Å². The second-order valence-electron chi connectivity index (χ2n) is 7.34. The first-order chi connectivity index (χ1) is 14.9. The van der Waals surface area contributed by atoms with Crippen molar-refractivity contribution in [2.24, 2.45) is 0 Å². The highest BCUT2D eigenvalue weighted by molar-refractivity contribution is 6.20. The largest absolute Gasteiger partial charge is 0.503 e. The molecular weight excluding hydrogens is 394 g/mol. The van der Waals surface area contributed by atoms with Crippen LogP contribution in [0.5, 0.6) is 5.75 Å². The van der Waals surface area contributed by atoms with Crippen LogP contribution in [0.3, 0.4) is 0 Å². The maximum atomic E-state index is 13.4. The Morgan fingerprint density at radius 3 is 2.42 bits per heavy atom. The van der Waals surface area contributed by atoms with Crippen LogP contribution in [0.4, 0.5) is 5.82 Å². The Labute approximate surface area is 179 Å². The maximum Gasteiger partial charge on any atom is 0.295 e. The van der Waals surface area contributed by atoms with Crippen molar-refractivity contribution in [2.75, 3.05) is 12.0 Å². The summed E-state index contributed by atoms with van der Waals surface area (Å²) >= 11 is 0. The molecule has 0 saturated carbocycles. The second-order valence-corrected chi connectivity index (χ2v) is 7.34. The number of carbonyl (C=O) groups is 2. The first kappa shape index (κ1) is 20.3. The van der Waals surface area contributed by atoms with Crippen molar-refractivity contribution >= 4 is 17.5 Å². The summed E-state index contributed by atoms with van der Waals surface area (Å²) in [4.78, 5) is 27.8. The zero-order valence-electron chi connectivity index (χ0n) is 17.4. The summed E-state index contributed by atoms with van der Waals surface area (Å²) < 4.78 is 5.32. The van der Waals surface area contributed by atoms with Gasteiger partial charge in [0.2, 0.25) is 0 Å². The lowest BCUT2D eigenvalue weighted by Crippen LogP contribution is -2.32. The molecule has 1 N–H and O–H groups in total. The number of hydrogen-bond acceptors (Lipinski definition) is 6. The monoisotopic (exact) mass is 415 g/mol. The van der Waals surface area contributed by atoms with Gasteiger partial charge in [-0.25, -0.2) is 0 Å². The molecule has 4 rings (SSSR count). The summed E-state index contributed by atoms with van der Waals surface area (Å²) in [5.41, 5.74) is 2.66. The van der Waals surface area contributed by atoms with Crippen LogP contribution in [0.1, 0.15) is 33.2 Å². The topological polar surface area (TPSA) is 92.6 Å². The molecule has 7 nitrogen and oxygen atoms in total. The number of carbonyl (C=O) groups excluding carboxylic acids is 2. The van der Waals surface area contributed by atoms with Gasteiger partial charge in [0.15, 0.2) is 17.4 Å². The van der Waals surface area contributed by atoms with E-state index in [4.69, 9.17) is 4.74 Å². The fourth-order valence-corrected chi connectivity index (χ4v) is 3.58. The molecule has 2 aromatic carbocycles. The van der Waals surface area contributed by atoms with Crippen molar-refractivity contribution in [2.45, 2.75) is 19.9 Å². The molecule has 2 heterocycles. The molecule has 0 radical (unpaired) electrons. The lowest BCUT2D eigenvalue weighted by atomic mass is 9.92. The van der Waals surface area contributed by atoms with Gasteiger partial charge in [-0.1, -0.05) is 42.0 Å². The fourth-order valence-electron chi connectivity index (χ4n) is 3.58. The molecule has 0 bridgehead atoms. The van der Waals surface area contributed by atoms with E-state index in [1.54, 1.807) is 55.5 Å². The predicted molar refractivity (Wildman–Crippen MR) is 115 cm³/mol. The first-order valence-corrected chi connectivity index (χ1v) is 9.73. The number of aliphatic hydroxyl groups is 1. The number of nitrogens with zero attached hydrogens (tertiary/aromatic N) is 3. The van der Waals surface area contributed by atoms with Crippen LogP contribution in [0, 0.1) is 13.8 Å². The molecule has 3 aromatic rings. The smallest absolute Gasteiger partial charge is 0.295 e. The number of anilines is 1. The van der Waals surface area contributed by atoms with Crippen LogP contribution in [0.25, 0.3) is 0 Å². The number of ketones is 1. The third-order valence-corrected chi connectivity index (χ3v) is 5.21. The molecule has 0 spiro atoms. The highest BCUT2D eigenvalue weighted by atomic mass is 16.5. The number of amides is 1. The molecule has 1 aliphatic rings. The molecule has 7 heteroatoms. The summed E-state index contributed by atoms with van der Waals surface area (Å²) in [5, 5.41) is 18.9.